The van der Waals surface area contributed by atoms with Gasteiger partial charge in [-0.05, 0) is 48.2 Å². The lowest BCUT2D eigenvalue weighted by molar-refractivity contribution is -0.150. The standard InChI is InChI=1S/C32H32FN5O4/c33-26-20-24(12-13-27(26)38-18-14-25(15-19-38)36-32-34-16-7-17-35-32)31(41)37-28(39)21-29(40)42-30(22-8-3-1-4-9-22)23-10-5-2-6-11-23/h1-13,16-17,20,25,28,30,39H,14-15,18-19,21H2,(H,37,41)(H,34,35,36). The molecule has 9 nitrogen and oxygen atoms in total. The number of halogens is 1. The van der Waals surface area contributed by atoms with Crippen molar-refractivity contribution >= 4 is 23.5 Å². The van der Waals surface area contributed by atoms with Gasteiger partial charge in [0, 0.05) is 37.1 Å². The number of carbonyl (C=O) groups is 2. The third kappa shape index (κ3) is 7.46. The molecule has 2 heterocycles. The number of amides is 1. The third-order valence-electron chi connectivity index (χ3n) is 7.06. The Balaban J connectivity index is 1.14. The van der Waals surface area contributed by atoms with Gasteiger partial charge in [-0.1, -0.05) is 60.7 Å². The van der Waals surface area contributed by atoms with Crippen LogP contribution >= 0.6 is 0 Å². The van der Waals surface area contributed by atoms with Crippen LogP contribution < -0.4 is 15.5 Å². The molecule has 1 aliphatic heterocycles. The molecular formula is C32H32FN5O4. The minimum Gasteiger partial charge on any atom is -0.452 e. The number of esters is 1. The number of aliphatic hydroxyl groups is 1. The summed E-state index contributed by atoms with van der Waals surface area (Å²) in [5.74, 6) is -1.36. The van der Waals surface area contributed by atoms with Crippen LogP contribution in [0.1, 0.15) is 46.9 Å². The smallest absolute Gasteiger partial charge is 0.311 e. The number of aromatic nitrogens is 2. The Hall–Kier alpha value is -4.83. The number of nitrogens with zero attached hydrogens (tertiary/aromatic N) is 3. The Morgan fingerprint density at radius 3 is 2.14 bits per heavy atom. The lowest BCUT2D eigenvalue weighted by atomic mass is 10.0. The van der Waals surface area contributed by atoms with Crippen molar-refractivity contribution in [2.45, 2.75) is 37.6 Å². The van der Waals surface area contributed by atoms with Crippen molar-refractivity contribution in [3.8, 4) is 0 Å². The molecule has 42 heavy (non-hydrogen) atoms. The molecule has 3 N–H and O–H groups in total. The fraction of sp³-hybridized carbons (Fsp3) is 0.250. The molecular weight excluding hydrogens is 537 g/mol. The number of benzene rings is 3. The van der Waals surface area contributed by atoms with Crippen LogP contribution in [0.15, 0.2) is 97.3 Å². The molecule has 1 atom stereocenters. The molecule has 216 valence electrons. The Morgan fingerprint density at radius 1 is 0.929 bits per heavy atom. The van der Waals surface area contributed by atoms with Gasteiger partial charge in [0.25, 0.3) is 5.91 Å². The van der Waals surface area contributed by atoms with Gasteiger partial charge in [0.15, 0.2) is 6.10 Å². The molecule has 1 saturated heterocycles. The SMILES string of the molecule is O=C(CC(O)NC(=O)c1ccc(N2CCC(Nc3ncccn3)CC2)c(F)c1)OC(c1ccccc1)c1ccccc1. The quantitative estimate of drug-likeness (QED) is 0.189. The van der Waals surface area contributed by atoms with Gasteiger partial charge < -0.3 is 25.4 Å². The van der Waals surface area contributed by atoms with E-state index >= 15 is 4.39 Å². The number of hydrogen-bond acceptors (Lipinski definition) is 8. The van der Waals surface area contributed by atoms with E-state index in [0.717, 1.165) is 30.0 Å². The molecule has 0 radical (unpaired) electrons. The van der Waals surface area contributed by atoms with Crippen LogP contribution in [0.25, 0.3) is 0 Å². The van der Waals surface area contributed by atoms with Gasteiger partial charge in [0.2, 0.25) is 5.95 Å². The first-order chi connectivity index (χ1) is 20.5. The van der Waals surface area contributed by atoms with Crippen molar-refractivity contribution in [1.29, 1.82) is 0 Å². The highest BCUT2D eigenvalue weighted by molar-refractivity contribution is 5.95. The summed E-state index contributed by atoms with van der Waals surface area (Å²) in [6, 6.07) is 24.6. The monoisotopic (exact) mass is 569 g/mol. The number of nitrogens with one attached hydrogen (secondary N) is 2. The summed E-state index contributed by atoms with van der Waals surface area (Å²) in [5.41, 5.74) is 1.99. The van der Waals surface area contributed by atoms with Crippen molar-refractivity contribution in [2.75, 3.05) is 23.3 Å². The summed E-state index contributed by atoms with van der Waals surface area (Å²) in [6.45, 7) is 1.25. The van der Waals surface area contributed by atoms with E-state index in [9.17, 15) is 14.7 Å². The molecule has 1 fully saturated rings. The van der Waals surface area contributed by atoms with Gasteiger partial charge in [-0.2, -0.15) is 0 Å². The summed E-state index contributed by atoms with van der Waals surface area (Å²) in [4.78, 5) is 35.8. The van der Waals surface area contributed by atoms with Gasteiger partial charge >= 0.3 is 5.97 Å². The van der Waals surface area contributed by atoms with Gasteiger partial charge in [-0.25, -0.2) is 14.4 Å². The molecule has 1 aromatic heterocycles. The number of anilines is 2. The maximum atomic E-state index is 15.1. The van der Waals surface area contributed by atoms with Crippen LogP contribution in [0, 0.1) is 5.82 Å². The number of rotatable bonds is 10. The highest BCUT2D eigenvalue weighted by atomic mass is 19.1. The first-order valence-corrected chi connectivity index (χ1v) is 13.8. The number of aliphatic hydroxyl groups excluding tert-OH is 1. The topological polar surface area (TPSA) is 117 Å². The number of piperidine rings is 1. The number of hydrogen-bond donors (Lipinski definition) is 3. The van der Waals surface area contributed by atoms with Crippen LogP contribution in [0.3, 0.4) is 0 Å². The highest BCUT2D eigenvalue weighted by Gasteiger charge is 2.24. The van der Waals surface area contributed by atoms with Crippen LogP contribution in [0.5, 0.6) is 0 Å². The van der Waals surface area contributed by atoms with E-state index in [2.05, 4.69) is 20.6 Å². The maximum Gasteiger partial charge on any atom is 0.311 e. The molecule has 1 unspecified atom stereocenters. The minimum atomic E-state index is -1.51. The second-order valence-electron chi connectivity index (χ2n) is 10.0. The minimum absolute atomic E-state index is 0.0351. The Kier molecular flexibility index (Phi) is 9.35. The van der Waals surface area contributed by atoms with E-state index in [-0.39, 0.29) is 11.6 Å². The van der Waals surface area contributed by atoms with Gasteiger partial charge in [0.05, 0.1) is 12.1 Å². The maximum absolute atomic E-state index is 15.1. The van der Waals surface area contributed by atoms with Crippen LogP contribution in [0.4, 0.5) is 16.0 Å². The van der Waals surface area contributed by atoms with E-state index in [1.54, 1.807) is 24.5 Å². The summed E-state index contributed by atoms with van der Waals surface area (Å²) in [7, 11) is 0. The fourth-order valence-corrected chi connectivity index (χ4v) is 4.93. The summed E-state index contributed by atoms with van der Waals surface area (Å²) in [5, 5.41) is 16.1. The van der Waals surface area contributed by atoms with Gasteiger partial charge in [0.1, 0.15) is 12.0 Å². The molecule has 0 saturated carbocycles. The second-order valence-corrected chi connectivity index (χ2v) is 10.0. The Morgan fingerprint density at radius 2 is 1.55 bits per heavy atom. The molecule has 4 aromatic rings. The zero-order valence-electron chi connectivity index (χ0n) is 22.9. The zero-order valence-corrected chi connectivity index (χ0v) is 22.9. The van der Waals surface area contributed by atoms with Crippen molar-refractivity contribution in [1.82, 2.24) is 15.3 Å². The molecule has 3 aromatic carbocycles. The molecule has 0 aliphatic carbocycles. The molecule has 0 bridgehead atoms. The predicted octanol–water partition coefficient (Wildman–Crippen LogP) is 4.47. The molecule has 10 heteroatoms. The van der Waals surface area contributed by atoms with Gasteiger partial charge in [-0.3, -0.25) is 9.59 Å². The second kappa shape index (κ2) is 13.7. The average Bonchev–Trinajstić information content (AvgIpc) is 3.01. The lowest BCUT2D eigenvalue weighted by Gasteiger charge is -2.34. The largest absolute Gasteiger partial charge is 0.452 e. The number of ether oxygens (including phenoxy) is 1. The molecule has 5 rings (SSSR count). The average molecular weight is 570 g/mol. The van der Waals surface area contributed by atoms with E-state index in [0.29, 0.717) is 24.7 Å². The Bertz CT molecular complexity index is 1430. The normalized spacial score (nSPS) is 14.3. The van der Waals surface area contributed by atoms with Gasteiger partial charge in [-0.15, -0.1) is 0 Å². The predicted molar refractivity (Wildman–Crippen MR) is 156 cm³/mol. The first-order valence-electron chi connectivity index (χ1n) is 13.8. The number of carbonyl (C=O) groups excluding carboxylic acids is 2. The Labute approximate surface area is 243 Å². The molecule has 0 spiro atoms. The van der Waals surface area contributed by atoms with Crippen molar-refractivity contribution < 1.29 is 23.8 Å². The summed E-state index contributed by atoms with van der Waals surface area (Å²) in [6.07, 6.45) is 2.25. The zero-order chi connectivity index (χ0) is 29.3. The fourth-order valence-electron chi connectivity index (χ4n) is 4.93. The summed E-state index contributed by atoms with van der Waals surface area (Å²) >= 11 is 0. The van der Waals surface area contributed by atoms with Crippen molar-refractivity contribution in [3.05, 3.63) is 120 Å². The lowest BCUT2D eigenvalue weighted by Crippen LogP contribution is -2.40. The van der Waals surface area contributed by atoms with Crippen molar-refractivity contribution in [2.24, 2.45) is 0 Å². The highest BCUT2D eigenvalue weighted by Crippen LogP contribution is 2.27. The van der Waals surface area contributed by atoms with Crippen LogP contribution in [-0.2, 0) is 9.53 Å². The van der Waals surface area contributed by atoms with Crippen LogP contribution in [0.2, 0.25) is 0 Å². The summed E-state index contributed by atoms with van der Waals surface area (Å²) < 4.78 is 20.8. The van der Waals surface area contributed by atoms with Crippen molar-refractivity contribution in [3.63, 3.8) is 0 Å². The third-order valence-corrected chi connectivity index (χ3v) is 7.06. The van der Waals surface area contributed by atoms with E-state index in [1.807, 2.05) is 65.6 Å². The van der Waals surface area contributed by atoms with E-state index in [1.165, 1.54) is 6.07 Å². The molecule has 1 aliphatic rings. The van der Waals surface area contributed by atoms with E-state index in [4.69, 9.17) is 4.74 Å². The van der Waals surface area contributed by atoms with E-state index < -0.39 is 36.4 Å². The van der Waals surface area contributed by atoms with Crippen LogP contribution in [-0.4, -0.2) is 52.3 Å². The molecule has 1 amide bonds. The first kappa shape index (κ1) is 28.7.